The molecule has 2 aromatic carbocycles. The first-order valence-electron chi connectivity index (χ1n) is 8.38. The van der Waals surface area contributed by atoms with E-state index in [4.69, 9.17) is 16.3 Å². The van der Waals surface area contributed by atoms with Crippen molar-refractivity contribution < 1.29 is 9.53 Å². The molecule has 0 radical (unpaired) electrons. The van der Waals surface area contributed by atoms with Gasteiger partial charge in [-0.25, -0.2) is 4.98 Å². The summed E-state index contributed by atoms with van der Waals surface area (Å²) < 4.78 is 7.76. The van der Waals surface area contributed by atoms with Gasteiger partial charge in [-0.1, -0.05) is 29.8 Å². The van der Waals surface area contributed by atoms with Crippen molar-refractivity contribution in [2.45, 2.75) is 6.92 Å². The number of imidazole rings is 1. The van der Waals surface area contributed by atoms with Gasteiger partial charge < -0.3 is 14.5 Å². The molecule has 5 nitrogen and oxygen atoms in total. The Labute approximate surface area is 161 Å². The van der Waals surface area contributed by atoms with Gasteiger partial charge in [0.15, 0.2) is 5.75 Å². The number of para-hydroxylation sites is 1. The highest BCUT2D eigenvalue weighted by Gasteiger charge is 2.13. The molecule has 0 aliphatic carbocycles. The van der Waals surface area contributed by atoms with E-state index in [1.165, 1.54) is 0 Å². The van der Waals surface area contributed by atoms with Gasteiger partial charge in [-0.15, -0.1) is 0 Å². The van der Waals surface area contributed by atoms with Crippen molar-refractivity contribution in [3.63, 3.8) is 0 Å². The molecule has 0 saturated carbocycles. The Balaban J connectivity index is 1.62. The van der Waals surface area contributed by atoms with Crippen LogP contribution in [0.1, 0.15) is 16.1 Å². The Hall–Kier alpha value is -3.31. The van der Waals surface area contributed by atoms with Crippen molar-refractivity contribution >= 4 is 28.8 Å². The number of nitrogens with zero attached hydrogens (tertiary/aromatic N) is 2. The number of hydrogen-bond acceptors (Lipinski definition) is 3. The minimum atomic E-state index is -0.265. The molecule has 2 heterocycles. The maximum Gasteiger partial charge on any atom is 0.255 e. The molecular formula is C21H16ClN3O2. The van der Waals surface area contributed by atoms with E-state index in [2.05, 4.69) is 10.3 Å². The Bertz CT molecular complexity index is 1120. The van der Waals surface area contributed by atoms with Crippen LogP contribution in [0.25, 0.3) is 5.65 Å². The summed E-state index contributed by atoms with van der Waals surface area (Å²) in [5.74, 6) is 0.916. The number of ether oxygens (including phenoxy) is 1. The van der Waals surface area contributed by atoms with Gasteiger partial charge in [-0.2, -0.15) is 0 Å². The van der Waals surface area contributed by atoms with Crippen LogP contribution < -0.4 is 10.1 Å². The van der Waals surface area contributed by atoms with Crippen LogP contribution in [0.15, 0.2) is 73.1 Å². The average molecular weight is 378 g/mol. The van der Waals surface area contributed by atoms with Gasteiger partial charge in [-0.3, -0.25) is 4.79 Å². The Morgan fingerprint density at radius 1 is 1.11 bits per heavy atom. The van der Waals surface area contributed by atoms with E-state index in [-0.39, 0.29) is 5.91 Å². The van der Waals surface area contributed by atoms with Crippen LogP contribution in [0, 0.1) is 6.92 Å². The molecule has 0 atom stereocenters. The monoisotopic (exact) mass is 377 g/mol. The van der Waals surface area contributed by atoms with Crippen molar-refractivity contribution in [1.29, 1.82) is 0 Å². The van der Waals surface area contributed by atoms with E-state index >= 15 is 0 Å². The number of rotatable bonds is 4. The number of fused-ring (bicyclic) bond motifs is 1. The lowest BCUT2D eigenvalue weighted by atomic mass is 10.2. The van der Waals surface area contributed by atoms with Crippen molar-refractivity contribution in [2.75, 3.05) is 5.32 Å². The topological polar surface area (TPSA) is 55.6 Å². The van der Waals surface area contributed by atoms with Gasteiger partial charge in [-0.05, 0) is 49.4 Å². The summed E-state index contributed by atoms with van der Waals surface area (Å²) in [6.07, 6.45) is 3.71. The number of hydrogen-bond donors (Lipinski definition) is 1. The molecule has 0 saturated heterocycles. The zero-order valence-electron chi connectivity index (χ0n) is 14.5. The number of pyridine rings is 1. The molecule has 0 spiro atoms. The predicted molar refractivity (Wildman–Crippen MR) is 106 cm³/mol. The number of aromatic nitrogens is 2. The molecule has 4 aromatic rings. The summed E-state index contributed by atoms with van der Waals surface area (Å²) in [5, 5.41) is 3.38. The van der Waals surface area contributed by atoms with Gasteiger partial charge in [0.1, 0.15) is 11.4 Å². The maximum atomic E-state index is 12.7. The van der Waals surface area contributed by atoms with Crippen molar-refractivity contribution in [3.8, 4) is 11.5 Å². The standard InChI is InChI=1S/C21H16ClN3O2/c1-14-13-25-10-9-15(11-20(25)23-14)21(26)24-18-12-16(22)7-8-19(18)27-17-5-3-2-4-6-17/h2-13H,1H3,(H,24,26). The number of benzene rings is 2. The van der Waals surface area contributed by atoms with Gasteiger partial charge in [0.2, 0.25) is 0 Å². The fourth-order valence-electron chi connectivity index (χ4n) is 2.75. The summed E-state index contributed by atoms with van der Waals surface area (Å²) in [6, 6.07) is 17.9. The first kappa shape index (κ1) is 17.1. The third-order valence-corrected chi connectivity index (χ3v) is 4.24. The normalized spacial score (nSPS) is 10.7. The lowest BCUT2D eigenvalue weighted by Crippen LogP contribution is -2.13. The fraction of sp³-hybridized carbons (Fsp3) is 0.0476. The first-order valence-corrected chi connectivity index (χ1v) is 8.75. The third-order valence-electron chi connectivity index (χ3n) is 4.00. The number of carbonyl (C=O) groups is 1. The molecule has 0 aliphatic rings. The first-order chi connectivity index (χ1) is 13.1. The van der Waals surface area contributed by atoms with Gasteiger partial charge in [0, 0.05) is 23.0 Å². The van der Waals surface area contributed by atoms with Crippen LogP contribution in [0.3, 0.4) is 0 Å². The van der Waals surface area contributed by atoms with Crippen LogP contribution in [-0.4, -0.2) is 15.3 Å². The summed E-state index contributed by atoms with van der Waals surface area (Å²) in [7, 11) is 0. The molecule has 134 valence electrons. The zero-order chi connectivity index (χ0) is 18.8. The summed E-state index contributed by atoms with van der Waals surface area (Å²) in [6.45, 7) is 1.91. The quantitative estimate of drug-likeness (QED) is 0.522. The minimum Gasteiger partial charge on any atom is -0.455 e. The molecule has 27 heavy (non-hydrogen) atoms. The van der Waals surface area contributed by atoms with Gasteiger partial charge in [0.05, 0.1) is 11.4 Å². The zero-order valence-corrected chi connectivity index (χ0v) is 15.3. The second-order valence-corrected chi connectivity index (χ2v) is 6.51. The Kier molecular flexibility index (Phi) is 4.52. The van der Waals surface area contributed by atoms with E-state index in [0.29, 0.717) is 33.4 Å². The van der Waals surface area contributed by atoms with Crippen molar-refractivity contribution in [1.82, 2.24) is 9.38 Å². The SMILES string of the molecule is Cc1cn2ccc(C(=O)Nc3cc(Cl)ccc3Oc3ccccc3)cc2n1. The largest absolute Gasteiger partial charge is 0.455 e. The van der Waals surface area contributed by atoms with E-state index < -0.39 is 0 Å². The molecule has 1 N–H and O–H groups in total. The smallest absolute Gasteiger partial charge is 0.255 e. The van der Waals surface area contributed by atoms with Crippen LogP contribution in [0.4, 0.5) is 5.69 Å². The lowest BCUT2D eigenvalue weighted by molar-refractivity contribution is 0.102. The molecule has 6 heteroatoms. The van der Waals surface area contributed by atoms with Crippen molar-refractivity contribution in [3.05, 3.63) is 89.3 Å². The van der Waals surface area contributed by atoms with Gasteiger partial charge >= 0.3 is 0 Å². The van der Waals surface area contributed by atoms with Crippen LogP contribution in [0.2, 0.25) is 5.02 Å². The molecule has 2 aromatic heterocycles. The van der Waals surface area contributed by atoms with E-state index in [1.54, 1.807) is 30.3 Å². The summed E-state index contributed by atoms with van der Waals surface area (Å²) in [5.41, 5.74) is 2.60. The number of amides is 1. The number of nitrogens with one attached hydrogen (secondary N) is 1. The Morgan fingerprint density at radius 3 is 2.74 bits per heavy atom. The highest BCUT2D eigenvalue weighted by molar-refractivity contribution is 6.31. The van der Waals surface area contributed by atoms with Crippen LogP contribution in [-0.2, 0) is 0 Å². The molecule has 1 amide bonds. The van der Waals surface area contributed by atoms with Crippen molar-refractivity contribution in [2.24, 2.45) is 0 Å². The highest BCUT2D eigenvalue weighted by Crippen LogP contribution is 2.32. The molecule has 4 rings (SSSR count). The third kappa shape index (κ3) is 3.78. The summed E-state index contributed by atoms with van der Waals surface area (Å²) >= 11 is 6.11. The minimum absolute atomic E-state index is 0.265. The van der Waals surface area contributed by atoms with Gasteiger partial charge in [0.25, 0.3) is 5.91 Å². The summed E-state index contributed by atoms with van der Waals surface area (Å²) in [4.78, 5) is 17.1. The molecule has 0 fully saturated rings. The predicted octanol–water partition coefficient (Wildman–Crippen LogP) is 5.34. The van der Waals surface area contributed by atoms with E-state index in [0.717, 1.165) is 5.69 Å². The highest BCUT2D eigenvalue weighted by atomic mass is 35.5. The average Bonchev–Trinajstić information content (AvgIpc) is 3.04. The molecule has 0 aliphatic heterocycles. The second kappa shape index (κ2) is 7.13. The second-order valence-electron chi connectivity index (χ2n) is 6.07. The van der Waals surface area contributed by atoms with E-state index in [9.17, 15) is 4.79 Å². The van der Waals surface area contributed by atoms with Crippen LogP contribution in [0.5, 0.6) is 11.5 Å². The number of halogens is 1. The molecule has 0 bridgehead atoms. The maximum absolute atomic E-state index is 12.7. The lowest BCUT2D eigenvalue weighted by Gasteiger charge is -2.13. The fourth-order valence-corrected chi connectivity index (χ4v) is 2.92. The van der Waals surface area contributed by atoms with Crippen LogP contribution >= 0.6 is 11.6 Å². The number of aryl methyl sites for hydroxylation is 1. The molecule has 0 unspecified atom stereocenters. The molecular weight excluding hydrogens is 362 g/mol. The van der Waals surface area contributed by atoms with E-state index in [1.807, 2.05) is 54.0 Å². The Morgan fingerprint density at radius 2 is 1.93 bits per heavy atom. The number of carbonyl (C=O) groups excluding carboxylic acids is 1. The number of anilines is 1.